The van der Waals surface area contributed by atoms with E-state index in [-0.39, 0.29) is 42.5 Å². The van der Waals surface area contributed by atoms with Crippen molar-refractivity contribution in [3.63, 3.8) is 0 Å². The number of carbonyl (C=O) groups excluding carboxylic acids is 11. The monoisotopic (exact) mass is 987 g/mol. The average molecular weight is 988 g/mol. The fraction of sp³-hybridized carbons (Fsp3) is 0.568. The minimum Gasteiger partial charge on any atom is -0.508 e. The third kappa shape index (κ3) is 15.9. The number of imide groups is 1. The Bertz CT molecular complexity index is 2190. The van der Waals surface area contributed by atoms with Gasteiger partial charge in [0.1, 0.15) is 41.7 Å². The van der Waals surface area contributed by atoms with Crippen LogP contribution in [0.1, 0.15) is 65.9 Å². The fourth-order valence-electron chi connectivity index (χ4n) is 7.63. The lowest BCUT2D eigenvalue weighted by molar-refractivity contribution is -0.146. The van der Waals surface area contributed by atoms with E-state index in [0.29, 0.717) is 6.42 Å². The summed E-state index contributed by atoms with van der Waals surface area (Å²) in [5.74, 6) is -12.2. The highest BCUT2D eigenvalue weighted by molar-refractivity contribution is 6.03. The highest BCUT2D eigenvalue weighted by Crippen LogP contribution is 2.26. The van der Waals surface area contributed by atoms with Gasteiger partial charge in [0.15, 0.2) is 12.2 Å². The maximum absolute atomic E-state index is 14.5. The van der Waals surface area contributed by atoms with Crippen molar-refractivity contribution in [2.75, 3.05) is 27.2 Å². The number of nitrogens with zero attached hydrogens (tertiary/aromatic N) is 2. The van der Waals surface area contributed by atoms with E-state index in [9.17, 15) is 68.1 Å². The number of primary amides is 2. The van der Waals surface area contributed by atoms with Gasteiger partial charge >= 0.3 is 6.03 Å². The van der Waals surface area contributed by atoms with Crippen LogP contribution >= 0.6 is 0 Å². The van der Waals surface area contributed by atoms with Crippen molar-refractivity contribution in [3.8, 4) is 5.75 Å². The van der Waals surface area contributed by atoms with Crippen LogP contribution in [0.4, 0.5) is 4.79 Å². The number of benzene rings is 1. The van der Waals surface area contributed by atoms with Gasteiger partial charge in [-0.05, 0) is 56.6 Å². The number of nitrogens with one attached hydrogen (secondary N) is 7. The number of aliphatic hydroxyl groups excluding tert-OH is 2. The summed E-state index contributed by atoms with van der Waals surface area (Å²) in [5, 5.41) is 48.8. The minimum atomic E-state index is -2.57. The topological polar surface area (TPSA) is 400 Å². The molecule has 386 valence electrons. The molecule has 26 heteroatoms. The average Bonchev–Trinajstić information content (AvgIpc) is 3.69. The Labute approximate surface area is 403 Å². The molecule has 70 heavy (non-hydrogen) atoms. The first-order chi connectivity index (χ1) is 32.8. The number of rotatable bonds is 11. The number of aromatic hydroxyl groups is 1. The van der Waals surface area contributed by atoms with E-state index in [1.165, 1.54) is 45.2 Å². The van der Waals surface area contributed by atoms with E-state index in [1.54, 1.807) is 12.2 Å². The Kier molecular flexibility index (Phi) is 21.2. The lowest BCUT2D eigenvalue weighted by Gasteiger charge is -2.33. The number of amides is 12. The molecule has 2 fully saturated rings. The van der Waals surface area contributed by atoms with Gasteiger partial charge in [0.05, 0.1) is 25.1 Å². The first-order valence-electron chi connectivity index (χ1n) is 22.4. The first kappa shape index (κ1) is 57.1. The maximum atomic E-state index is 14.5. The van der Waals surface area contributed by atoms with Crippen LogP contribution < -0.4 is 48.7 Å². The standard InChI is InChI=1S/C44H65N11O15/c1-8-24-42(67)54(6)19-31(58)51-33(35(60)41(66)53-44(46)69)39(64)52-32(22(5)70-7)43(68)55-18-21(4)15-28(55)38(63)50-26(16-23-11-9-10-12-29(23)56)36(61)49-27(17-30(45)57)37(62)48-25(14-13-20(2)3)34(59)40(65)47-24/h8-12,20-22,25-28,32-35,56,59-60H,13-19H2,1-7H3,(H2,45,57)(H,47,65)(H,48,62)(H,49,61)(H,50,63)(H,51,58)(H,52,64)(H3,46,53,66,69)/b24-8+/t21-,22+,25+,26-,27-,28-,32-,33+,34+,35-/m0/s1. The SMILES string of the molecule is C/C=C1/NC(=O)[C@H](O)[C@@H](CCC(C)C)NC(=O)[C@H](CC(N)=O)NC(=O)[C@H](Cc2ccccc2O)NC(=O)[C@@H]2C[C@H](C)CN2C(=O)[C@H]([C@@H](C)OC)NC(=O)[C@@H]([C@H](O)C(=O)NC(N)=O)NC(=O)CN(C)C1=O. The second kappa shape index (κ2) is 26.0. The number of ether oxygens (including phenoxy) is 1. The highest BCUT2D eigenvalue weighted by Gasteiger charge is 2.45. The van der Waals surface area contributed by atoms with Gasteiger partial charge in [0, 0.05) is 27.1 Å². The molecule has 2 heterocycles. The van der Waals surface area contributed by atoms with Gasteiger partial charge in [-0.15, -0.1) is 0 Å². The molecule has 1 aromatic carbocycles. The number of nitrogens with two attached hydrogens (primary N) is 2. The molecular weight excluding hydrogens is 923 g/mol. The zero-order valence-electron chi connectivity index (χ0n) is 40.0. The van der Waals surface area contributed by atoms with E-state index in [1.807, 2.05) is 13.8 Å². The van der Waals surface area contributed by atoms with Gasteiger partial charge in [-0.2, -0.15) is 0 Å². The molecule has 0 bridgehead atoms. The van der Waals surface area contributed by atoms with Crippen LogP contribution in [0.15, 0.2) is 36.0 Å². The van der Waals surface area contributed by atoms with Crippen molar-refractivity contribution < 1.29 is 72.8 Å². The number of phenolic OH excluding ortho intramolecular Hbond substituents is 1. The second-order valence-corrected chi connectivity index (χ2v) is 17.6. The quantitative estimate of drug-likeness (QED) is 0.0928. The lowest BCUT2D eigenvalue weighted by atomic mass is 9.98. The molecule has 2 aliphatic heterocycles. The van der Waals surface area contributed by atoms with Gasteiger partial charge in [-0.25, -0.2) is 4.79 Å². The number of fused-ring (bicyclic) bond motifs is 1. The number of urea groups is 1. The molecule has 0 aromatic heterocycles. The van der Waals surface area contributed by atoms with Gasteiger partial charge in [-0.3, -0.25) is 53.3 Å². The number of carbonyl (C=O) groups is 11. The van der Waals surface area contributed by atoms with Crippen molar-refractivity contribution in [1.82, 2.24) is 47.0 Å². The van der Waals surface area contributed by atoms with E-state index in [0.717, 1.165) is 22.9 Å². The summed E-state index contributed by atoms with van der Waals surface area (Å²) < 4.78 is 5.40. The van der Waals surface area contributed by atoms with Crippen molar-refractivity contribution >= 4 is 65.1 Å². The van der Waals surface area contributed by atoms with Crippen LogP contribution in [-0.2, 0) is 59.1 Å². The summed E-state index contributed by atoms with van der Waals surface area (Å²) in [7, 11) is 2.27. The lowest BCUT2D eigenvalue weighted by Crippen LogP contribution is -2.64. The normalized spacial score (nSPS) is 26.6. The van der Waals surface area contributed by atoms with Crippen LogP contribution in [0.3, 0.4) is 0 Å². The van der Waals surface area contributed by atoms with Gasteiger partial charge in [0.25, 0.3) is 17.7 Å². The van der Waals surface area contributed by atoms with Crippen LogP contribution in [0.2, 0.25) is 0 Å². The smallest absolute Gasteiger partial charge is 0.318 e. The molecule has 0 aliphatic carbocycles. The van der Waals surface area contributed by atoms with E-state index in [2.05, 4.69) is 31.9 Å². The predicted octanol–water partition coefficient (Wildman–Crippen LogP) is -4.65. The maximum Gasteiger partial charge on any atom is 0.318 e. The summed E-state index contributed by atoms with van der Waals surface area (Å²) in [6.45, 7) is 6.99. The Morgan fingerprint density at radius 2 is 1.51 bits per heavy atom. The molecule has 3 rings (SSSR count). The van der Waals surface area contributed by atoms with Gasteiger partial charge < -0.3 is 73.2 Å². The van der Waals surface area contributed by atoms with Crippen LogP contribution in [0.5, 0.6) is 5.75 Å². The van der Waals surface area contributed by atoms with Gasteiger partial charge in [0.2, 0.25) is 41.4 Å². The molecule has 1 aromatic rings. The number of hydrogen-bond acceptors (Lipinski definition) is 15. The molecule has 2 aliphatic rings. The molecule has 10 atom stereocenters. The fourth-order valence-corrected chi connectivity index (χ4v) is 7.63. The largest absolute Gasteiger partial charge is 0.508 e. The van der Waals surface area contributed by atoms with Crippen molar-refractivity contribution in [1.29, 1.82) is 0 Å². The molecule has 14 N–H and O–H groups in total. The number of para-hydroxylation sites is 1. The Morgan fingerprint density at radius 1 is 0.886 bits per heavy atom. The zero-order valence-corrected chi connectivity index (χ0v) is 40.0. The number of allylic oxidation sites excluding steroid dienone is 1. The molecule has 26 nitrogen and oxygen atoms in total. The first-order valence-corrected chi connectivity index (χ1v) is 22.4. The Balaban J connectivity index is 2.24. The summed E-state index contributed by atoms with van der Waals surface area (Å²) in [5.41, 5.74) is 10.2. The van der Waals surface area contributed by atoms with E-state index >= 15 is 0 Å². The summed E-state index contributed by atoms with van der Waals surface area (Å²) >= 11 is 0. The summed E-state index contributed by atoms with van der Waals surface area (Å²) in [6, 6.07) is -5.88. The number of methoxy groups -OCH3 is 1. The predicted molar refractivity (Wildman–Crippen MR) is 244 cm³/mol. The van der Waals surface area contributed by atoms with Crippen molar-refractivity contribution in [2.45, 2.75) is 121 Å². The van der Waals surface area contributed by atoms with E-state index < -0.39 is 145 Å². The Hall–Kier alpha value is -7.19. The molecule has 0 unspecified atom stereocenters. The molecule has 0 radical (unpaired) electrons. The van der Waals surface area contributed by atoms with Crippen LogP contribution in [0.25, 0.3) is 0 Å². The van der Waals surface area contributed by atoms with Crippen LogP contribution in [0, 0.1) is 11.8 Å². The zero-order chi connectivity index (χ0) is 52.7. The molecule has 2 saturated heterocycles. The van der Waals surface area contributed by atoms with Crippen molar-refractivity contribution in [3.05, 3.63) is 41.6 Å². The second-order valence-electron chi connectivity index (χ2n) is 17.6. The van der Waals surface area contributed by atoms with E-state index in [4.69, 9.17) is 16.2 Å². The third-order valence-electron chi connectivity index (χ3n) is 11.6. The highest BCUT2D eigenvalue weighted by atomic mass is 16.5. The van der Waals surface area contributed by atoms with Gasteiger partial charge in [-0.1, -0.05) is 45.0 Å². The third-order valence-corrected chi connectivity index (χ3v) is 11.6. The molecular formula is C44H65N11O15. The number of likely N-dealkylation sites (N-methyl/N-ethyl adjacent to an activating group) is 1. The number of aliphatic hydroxyl groups is 2. The number of phenols is 1. The molecule has 0 spiro atoms. The summed E-state index contributed by atoms with van der Waals surface area (Å²) in [4.78, 5) is 151. The number of hydrogen-bond donors (Lipinski definition) is 12. The van der Waals surface area contributed by atoms with Crippen molar-refractivity contribution in [2.24, 2.45) is 23.3 Å². The Morgan fingerprint density at radius 3 is 2.10 bits per heavy atom. The molecule has 12 amide bonds. The molecule has 0 saturated carbocycles. The minimum absolute atomic E-state index is 0.00321. The van der Waals surface area contributed by atoms with Crippen LogP contribution in [-0.4, -0.2) is 172 Å². The summed E-state index contributed by atoms with van der Waals surface area (Å²) in [6.07, 6.45) is -5.74.